The van der Waals surface area contributed by atoms with Crippen molar-refractivity contribution in [3.63, 3.8) is 0 Å². The molecule has 82 valence electrons. The van der Waals surface area contributed by atoms with E-state index in [1.165, 1.54) is 5.69 Å². The van der Waals surface area contributed by atoms with E-state index in [4.69, 9.17) is 5.73 Å². The molecule has 1 aromatic rings. The Hall–Kier alpha value is -0.900. The molecule has 3 nitrogen and oxygen atoms in total. The lowest BCUT2D eigenvalue weighted by Gasteiger charge is -2.21. The van der Waals surface area contributed by atoms with Gasteiger partial charge >= 0.3 is 0 Å². The quantitative estimate of drug-likeness (QED) is 0.812. The Kier molecular flexibility index (Phi) is 2.78. The molecule has 1 aliphatic rings. The van der Waals surface area contributed by atoms with E-state index >= 15 is 0 Å². The lowest BCUT2D eigenvalue weighted by Crippen LogP contribution is -2.27. The fraction of sp³-hybridized carbons (Fsp3) is 0.455. The fourth-order valence-electron chi connectivity index (χ4n) is 1.89. The second kappa shape index (κ2) is 3.93. The number of halogens is 1. The highest BCUT2D eigenvalue weighted by Crippen LogP contribution is 2.41. The van der Waals surface area contributed by atoms with Gasteiger partial charge in [0.05, 0.1) is 22.5 Å². The highest BCUT2D eigenvalue weighted by atomic mass is 79.9. The van der Waals surface area contributed by atoms with Gasteiger partial charge in [-0.1, -0.05) is 13.8 Å². The van der Waals surface area contributed by atoms with Crippen molar-refractivity contribution < 1.29 is 0 Å². The summed E-state index contributed by atoms with van der Waals surface area (Å²) in [5.74, 6) is 0.645. The number of nitrogen functional groups attached to an aromatic ring is 1. The SMILES string of the molecule is CC(C)CN1CNc2ccc(N)c(Br)c21. The minimum Gasteiger partial charge on any atom is -0.398 e. The largest absolute Gasteiger partial charge is 0.398 e. The van der Waals surface area contributed by atoms with E-state index in [0.29, 0.717) is 5.92 Å². The van der Waals surface area contributed by atoms with Crippen molar-refractivity contribution in [2.45, 2.75) is 13.8 Å². The topological polar surface area (TPSA) is 41.3 Å². The molecule has 0 aliphatic carbocycles. The predicted octanol–water partition coefficient (Wildman–Crippen LogP) is 2.88. The van der Waals surface area contributed by atoms with Gasteiger partial charge in [-0.15, -0.1) is 0 Å². The average molecular weight is 270 g/mol. The smallest absolute Gasteiger partial charge is 0.0878 e. The summed E-state index contributed by atoms with van der Waals surface area (Å²) in [4.78, 5) is 2.32. The van der Waals surface area contributed by atoms with Crippen LogP contribution in [0.25, 0.3) is 0 Å². The Morgan fingerprint density at radius 2 is 2.27 bits per heavy atom. The third kappa shape index (κ3) is 1.91. The predicted molar refractivity (Wildman–Crippen MR) is 69.2 cm³/mol. The lowest BCUT2D eigenvalue weighted by atomic mass is 10.2. The van der Waals surface area contributed by atoms with Gasteiger partial charge in [-0.2, -0.15) is 0 Å². The summed E-state index contributed by atoms with van der Waals surface area (Å²) in [5.41, 5.74) is 9.04. The van der Waals surface area contributed by atoms with E-state index < -0.39 is 0 Å². The number of hydrogen-bond donors (Lipinski definition) is 2. The number of benzene rings is 1. The second-order valence-electron chi connectivity index (χ2n) is 4.32. The van der Waals surface area contributed by atoms with Gasteiger partial charge in [0.1, 0.15) is 0 Å². The molecule has 0 atom stereocenters. The van der Waals surface area contributed by atoms with E-state index in [2.05, 4.69) is 40.0 Å². The molecule has 2 rings (SSSR count). The maximum atomic E-state index is 5.88. The van der Waals surface area contributed by atoms with E-state index in [0.717, 1.165) is 29.1 Å². The third-order valence-electron chi connectivity index (χ3n) is 2.51. The molecule has 0 spiro atoms. The van der Waals surface area contributed by atoms with Gasteiger partial charge in [-0.25, -0.2) is 0 Å². The van der Waals surface area contributed by atoms with Crippen LogP contribution >= 0.6 is 15.9 Å². The molecule has 15 heavy (non-hydrogen) atoms. The van der Waals surface area contributed by atoms with Crippen LogP contribution in [0, 0.1) is 5.92 Å². The standard InChI is InChI=1S/C11H16BrN3/c1-7(2)5-15-6-14-9-4-3-8(13)10(12)11(9)15/h3-4,7,14H,5-6,13H2,1-2H3. The van der Waals surface area contributed by atoms with Crippen molar-refractivity contribution >= 4 is 33.0 Å². The van der Waals surface area contributed by atoms with Gasteiger partial charge in [0.2, 0.25) is 0 Å². The number of rotatable bonds is 2. The first kappa shape index (κ1) is 10.6. The molecule has 0 saturated heterocycles. The summed E-state index contributed by atoms with van der Waals surface area (Å²) in [6, 6.07) is 3.96. The minimum absolute atomic E-state index is 0.645. The minimum atomic E-state index is 0.645. The number of anilines is 3. The molecule has 0 unspecified atom stereocenters. The summed E-state index contributed by atoms with van der Waals surface area (Å²) >= 11 is 3.55. The van der Waals surface area contributed by atoms with Crippen LogP contribution in [-0.4, -0.2) is 13.2 Å². The van der Waals surface area contributed by atoms with E-state index in [1.54, 1.807) is 0 Å². The zero-order valence-corrected chi connectivity index (χ0v) is 10.6. The van der Waals surface area contributed by atoms with E-state index in [-0.39, 0.29) is 0 Å². The molecule has 0 saturated carbocycles. The van der Waals surface area contributed by atoms with Crippen molar-refractivity contribution in [2.24, 2.45) is 5.92 Å². The van der Waals surface area contributed by atoms with Gasteiger partial charge in [-0.3, -0.25) is 0 Å². The van der Waals surface area contributed by atoms with Crippen LogP contribution in [0.15, 0.2) is 16.6 Å². The summed E-state index contributed by atoms with van der Waals surface area (Å²) in [6.07, 6.45) is 0. The third-order valence-corrected chi connectivity index (χ3v) is 3.34. The number of nitrogens with two attached hydrogens (primary N) is 1. The molecule has 0 amide bonds. The van der Waals surface area contributed by atoms with Crippen LogP contribution in [0.4, 0.5) is 17.1 Å². The molecule has 1 aromatic carbocycles. The van der Waals surface area contributed by atoms with Gasteiger partial charge in [0, 0.05) is 12.2 Å². The molecular formula is C11H16BrN3. The van der Waals surface area contributed by atoms with Gasteiger partial charge in [-0.05, 0) is 34.0 Å². The molecule has 1 heterocycles. The van der Waals surface area contributed by atoms with Crippen molar-refractivity contribution in [3.8, 4) is 0 Å². The number of hydrogen-bond acceptors (Lipinski definition) is 3. The summed E-state index contributed by atoms with van der Waals surface area (Å²) in [7, 11) is 0. The van der Waals surface area contributed by atoms with Crippen molar-refractivity contribution in [1.29, 1.82) is 0 Å². The number of nitrogens with zero attached hydrogens (tertiary/aromatic N) is 1. The first-order chi connectivity index (χ1) is 7.09. The molecule has 0 radical (unpaired) electrons. The summed E-state index contributed by atoms with van der Waals surface area (Å²) in [5, 5.41) is 3.36. The molecule has 3 N–H and O–H groups in total. The van der Waals surface area contributed by atoms with Gasteiger partial charge in [0.15, 0.2) is 0 Å². The first-order valence-electron chi connectivity index (χ1n) is 5.16. The Morgan fingerprint density at radius 3 is 2.93 bits per heavy atom. The summed E-state index contributed by atoms with van der Waals surface area (Å²) in [6.45, 7) is 6.36. The van der Waals surface area contributed by atoms with Crippen LogP contribution in [0.5, 0.6) is 0 Å². The Bertz CT molecular complexity index is 376. The van der Waals surface area contributed by atoms with Crippen LogP contribution in [0.1, 0.15) is 13.8 Å². The highest BCUT2D eigenvalue weighted by molar-refractivity contribution is 9.10. The van der Waals surface area contributed by atoms with Crippen LogP contribution in [0.2, 0.25) is 0 Å². The lowest BCUT2D eigenvalue weighted by molar-refractivity contribution is 0.627. The molecule has 4 heteroatoms. The van der Waals surface area contributed by atoms with Crippen molar-refractivity contribution in [3.05, 3.63) is 16.6 Å². The first-order valence-corrected chi connectivity index (χ1v) is 5.95. The van der Waals surface area contributed by atoms with Crippen LogP contribution in [0.3, 0.4) is 0 Å². The van der Waals surface area contributed by atoms with E-state index in [9.17, 15) is 0 Å². The van der Waals surface area contributed by atoms with Crippen LogP contribution in [-0.2, 0) is 0 Å². The number of fused-ring (bicyclic) bond motifs is 1. The fourth-order valence-corrected chi connectivity index (χ4v) is 2.48. The van der Waals surface area contributed by atoms with Gasteiger partial charge < -0.3 is 16.0 Å². The van der Waals surface area contributed by atoms with Gasteiger partial charge in [0.25, 0.3) is 0 Å². The van der Waals surface area contributed by atoms with Crippen LogP contribution < -0.4 is 16.0 Å². The average Bonchev–Trinajstić information content (AvgIpc) is 2.55. The monoisotopic (exact) mass is 269 g/mol. The highest BCUT2D eigenvalue weighted by Gasteiger charge is 2.22. The zero-order valence-electron chi connectivity index (χ0n) is 9.05. The van der Waals surface area contributed by atoms with Crippen molar-refractivity contribution in [2.75, 3.05) is 29.2 Å². The Morgan fingerprint density at radius 1 is 1.53 bits per heavy atom. The molecule has 0 aromatic heterocycles. The maximum absolute atomic E-state index is 5.88. The normalized spacial score (nSPS) is 14.3. The zero-order chi connectivity index (χ0) is 11.0. The molecule has 1 aliphatic heterocycles. The number of nitrogens with one attached hydrogen (secondary N) is 1. The molecular weight excluding hydrogens is 254 g/mol. The Balaban J connectivity index is 2.36. The van der Waals surface area contributed by atoms with E-state index in [1.807, 2.05) is 12.1 Å². The molecule has 0 fully saturated rings. The molecule has 0 bridgehead atoms. The Labute approximate surface area is 98.8 Å². The summed E-state index contributed by atoms with van der Waals surface area (Å²) < 4.78 is 1.01. The maximum Gasteiger partial charge on any atom is 0.0878 e. The second-order valence-corrected chi connectivity index (χ2v) is 5.11. The van der Waals surface area contributed by atoms with Crippen molar-refractivity contribution in [1.82, 2.24) is 0 Å².